The number of nitrogens with zero attached hydrogens (tertiary/aromatic N) is 1. The van der Waals surface area contributed by atoms with E-state index in [2.05, 4.69) is 60.2 Å². The SMILES string of the molecule is COc1cc2cc(CN(CCc3cccc(C)c3)C(=S)NCC(C)C)c(=O)[nH]c2cc1OC. The molecule has 0 unspecified atom stereocenters. The van der Waals surface area contributed by atoms with E-state index in [1.54, 1.807) is 20.3 Å². The quantitative estimate of drug-likeness (QED) is 0.454. The Balaban J connectivity index is 1.88. The normalized spacial score (nSPS) is 11.0. The fraction of sp³-hybridized carbons (Fsp3) is 0.385. The predicted octanol–water partition coefficient (Wildman–Crippen LogP) is 4.43. The Morgan fingerprint density at radius 1 is 1.12 bits per heavy atom. The second-order valence-corrected chi connectivity index (χ2v) is 9.05. The largest absolute Gasteiger partial charge is 0.493 e. The first-order chi connectivity index (χ1) is 15.8. The predicted molar refractivity (Wildman–Crippen MR) is 138 cm³/mol. The second-order valence-electron chi connectivity index (χ2n) is 8.66. The number of rotatable bonds is 9. The number of pyridine rings is 1. The number of hydrogen-bond acceptors (Lipinski definition) is 4. The lowest BCUT2D eigenvalue weighted by Gasteiger charge is -2.26. The van der Waals surface area contributed by atoms with E-state index in [4.69, 9.17) is 21.7 Å². The summed E-state index contributed by atoms with van der Waals surface area (Å²) in [4.78, 5) is 18.0. The molecule has 6 nitrogen and oxygen atoms in total. The first-order valence-corrected chi connectivity index (χ1v) is 11.6. The van der Waals surface area contributed by atoms with Gasteiger partial charge in [0.15, 0.2) is 16.6 Å². The van der Waals surface area contributed by atoms with Gasteiger partial charge in [-0.15, -0.1) is 0 Å². The maximum Gasteiger partial charge on any atom is 0.253 e. The van der Waals surface area contributed by atoms with Gasteiger partial charge < -0.3 is 24.7 Å². The number of benzene rings is 2. The third kappa shape index (κ3) is 6.48. The van der Waals surface area contributed by atoms with E-state index in [0.717, 1.165) is 18.4 Å². The molecule has 176 valence electrons. The fourth-order valence-corrected chi connectivity index (χ4v) is 3.93. The minimum Gasteiger partial charge on any atom is -0.493 e. The fourth-order valence-electron chi connectivity index (χ4n) is 3.69. The highest BCUT2D eigenvalue weighted by molar-refractivity contribution is 7.80. The van der Waals surface area contributed by atoms with Crippen LogP contribution in [-0.4, -0.2) is 42.3 Å². The molecule has 0 aliphatic rings. The van der Waals surface area contributed by atoms with E-state index in [1.807, 2.05) is 12.1 Å². The van der Waals surface area contributed by atoms with Gasteiger partial charge in [-0.25, -0.2) is 0 Å². The van der Waals surface area contributed by atoms with Crippen LogP contribution < -0.4 is 20.3 Å². The molecule has 0 amide bonds. The van der Waals surface area contributed by atoms with E-state index in [9.17, 15) is 4.79 Å². The molecule has 2 aromatic carbocycles. The summed E-state index contributed by atoms with van der Waals surface area (Å²) in [6.45, 7) is 8.27. The topological polar surface area (TPSA) is 66.6 Å². The number of nitrogens with one attached hydrogen (secondary N) is 2. The Morgan fingerprint density at radius 3 is 2.52 bits per heavy atom. The van der Waals surface area contributed by atoms with Gasteiger partial charge in [0.25, 0.3) is 5.56 Å². The average molecular weight is 468 g/mol. The van der Waals surface area contributed by atoms with E-state index in [1.165, 1.54) is 11.1 Å². The number of ether oxygens (including phenoxy) is 2. The number of aromatic nitrogens is 1. The molecule has 33 heavy (non-hydrogen) atoms. The monoisotopic (exact) mass is 467 g/mol. The number of H-pyrrole nitrogens is 1. The summed E-state index contributed by atoms with van der Waals surface area (Å²) >= 11 is 5.71. The summed E-state index contributed by atoms with van der Waals surface area (Å²) in [6.07, 6.45) is 0.835. The first-order valence-electron chi connectivity index (χ1n) is 11.2. The highest BCUT2D eigenvalue weighted by Gasteiger charge is 2.15. The molecule has 3 rings (SSSR count). The van der Waals surface area contributed by atoms with Crippen LogP contribution in [0.3, 0.4) is 0 Å². The Labute approximate surface area is 200 Å². The smallest absolute Gasteiger partial charge is 0.253 e. The lowest BCUT2D eigenvalue weighted by Crippen LogP contribution is -2.42. The van der Waals surface area contributed by atoms with Crippen molar-refractivity contribution in [2.24, 2.45) is 5.92 Å². The van der Waals surface area contributed by atoms with Gasteiger partial charge >= 0.3 is 0 Å². The van der Waals surface area contributed by atoms with Gasteiger partial charge in [-0.1, -0.05) is 43.7 Å². The van der Waals surface area contributed by atoms with Crippen LogP contribution in [0.25, 0.3) is 10.9 Å². The van der Waals surface area contributed by atoms with Crippen LogP contribution in [-0.2, 0) is 13.0 Å². The molecule has 0 aliphatic carbocycles. The van der Waals surface area contributed by atoms with Gasteiger partial charge in [-0.3, -0.25) is 4.79 Å². The minimum atomic E-state index is -0.137. The third-order valence-electron chi connectivity index (χ3n) is 5.49. The van der Waals surface area contributed by atoms with Crippen LogP contribution in [0.2, 0.25) is 0 Å². The number of fused-ring (bicyclic) bond motifs is 1. The van der Waals surface area contributed by atoms with Gasteiger partial charge in [0.05, 0.1) is 26.3 Å². The Kier molecular flexibility index (Phi) is 8.33. The number of methoxy groups -OCH3 is 2. The van der Waals surface area contributed by atoms with Crippen LogP contribution >= 0.6 is 12.2 Å². The molecule has 0 atom stereocenters. The molecule has 0 radical (unpaired) electrons. The molecule has 0 bridgehead atoms. The van der Waals surface area contributed by atoms with Crippen molar-refractivity contribution in [3.05, 3.63) is 69.5 Å². The first kappa shape index (κ1) is 24.6. The van der Waals surface area contributed by atoms with Gasteiger partial charge in [0, 0.05) is 30.1 Å². The molecular weight excluding hydrogens is 434 g/mol. The van der Waals surface area contributed by atoms with Crippen LogP contribution in [0.5, 0.6) is 11.5 Å². The molecule has 0 fully saturated rings. The zero-order valence-corrected chi connectivity index (χ0v) is 20.8. The van der Waals surface area contributed by atoms with Crippen LogP contribution in [0, 0.1) is 12.8 Å². The summed E-state index contributed by atoms with van der Waals surface area (Å²) < 4.78 is 10.8. The standard InChI is InChI=1S/C26H33N3O3S/c1-17(2)15-27-26(33)29(10-9-19-8-6-7-18(3)11-19)16-21-12-20-13-23(31-4)24(32-5)14-22(20)28-25(21)30/h6-8,11-14,17H,9-10,15-16H2,1-5H3,(H,27,33)(H,28,30). The average Bonchev–Trinajstić information content (AvgIpc) is 2.79. The van der Waals surface area contributed by atoms with E-state index in [-0.39, 0.29) is 5.56 Å². The molecule has 2 N–H and O–H groups in total. The molecule has 0 aliphatic heterocycles. The van der Waals surface area contributed by atoms with E-state index >= 15 is 0 Å². The van der Waals surface area contributed by atoms with Crippen LogP contribution in [0.4, 0.5) is 0 Å². The summed E-state index contributed by atoms with van der Waals surface area (Å²) in [6, 6.07) is 14.0. The minimum absolute atomic E-state index is 0.137. The third-order valence-corrected chi connectivity index (χ3v) is 5.89. The Bertz CT molecular complexity index is 1170. The summed E-state index contributed by atoms with van der Waals surface area (Å²) in [5.74, 6) is 1.66. The molecule has 7 heteroatoms. The van der Waals surface area contributed by atoms with Gasteiger partial charge in [0.1, 0.15) is 0 Å². The maximum atomic E-state index is 12.9. The van der Waals surface area contributed by atoms with Crippen molar-refractivity contribution >= 4 is 28.2 Å². The van der Waals surface area contributed by atoms with Crippen LogP contribution in [0.1, 0.15) is 30.5 Å². The van der Waals surface area contributed by atoms with Crippen molar-refractivity contribution in [3.8, 4) is 11.5 Å². The second kappa shape index (κ2) is 11.2. The molecule has 0 spiro atoms. The van der Waals surface area contributed by atoms with Crippen molar-refractivity contribution in [2.45, 2.75) is 33.7 Å². The number of aromatic amines is 1. The lowest BCUT2D eigenvalue weighted by molar-refractivity contribution is 0.355. The summed E-state index contributed by atoms with van der Waals surface area (Å²) in [7, 11) is 3.18. The van der Waals surface area contributed by atoms with Gasteiger partial charge in [-0.2, -0.15) is 0 Å². The maximum absolute atomic E-state index is 12.9. The highest BCUT2D eigenvalue weighted by atomic mass is 32.1. The molecule has 1 heterocycles. The number of thiocarbonyl (C=S) groups is 1. The van der Waals surface area contributed by atoms with Crippen LogP contribution in [0.15, 0.2) is 47.3 Å². The molecule has 1 aromatic heterocycles. The number of aryl methyl sites for hydroxylation is 1. The molecular formula is C26H33N3O3S. The van der Waals surface area contributed by atoms with E-state index < -0.39 is 0 Å². The van der Waals surface area contributed by atoms with Gasteiger partial charge in [-0.05, 0) is 49.2 Å². The molecule has 0 saturated carbocycles. The summed E-state index contributed by atoms with van der Waals surface area (Å²) in [5.41, 5.74) is 3.69. The molecule has 0 saturated heterocycles. The lowest BCUT2D eigenvalue weighted by atomic mass is 10.1. The zero-order chi connectivity index (χ0) is 24.0. The van der Waals surface area contributed by atoms with E-state index in [0.29, 0.717) is 46.7 Å². The Morgan fingerprint density at radius 2 is 1.85 bits per heavy atom. The van der Waals surface area contributed by atoms with Crippen molar-refractivity contribution in [1.82, 2.24) is 15.2 Å². The highest BCUT2D eigenvalue weighted by Crippen LogP contribution is 2.31. The van der Waals surface area contributed by atoms with Crippen molar-refractivity contribution in [1.29, 1.82) is 0 Å². The van der Waals surface area contributed by atoms with Crippen molar-refractivity contribution in [3.63, 3.8) is 0 Å². The van der Waals surface area contributed by atoms with Crippen molar-refractivity contribution < 1.29 is 9.47 Å². The Hall–Kier alpha value is -3.06. The summed E-state index contributed by atoms with van der Waals surface area (Å²) in [5, 5.41) is 4.88. The van der Waals surface area contributed by atoms with Gasteiger partial charge in [0.2, 0.25) is 0 Å². The molecule has 3 aromatic rings. The number of hydrogen-bond donors (Lipinski definition) is 2. The van der Waals surface area contributed by atoms with Crippen molar-refractivity contribution in [2.75, 3.05) is 27.3 Å². The zero-order valence-electron chi connectivity index (χ0n) is 20.0.